The number of rotatable bonds is 7. The summed E-state index contributed by atoms with van der Waals surface area (Å²) in [6.07, 6.45) is 0. The minimum Gasteiger partial charge on any atom is -0.360 e. The highest BCUT2D eigenvalue weighted by Crippen LogP contribution is 2.19. The van der Waals surface area contributed by atoms with Crippen molar-refractivity contribution in [3.63, 3.8) is 0 Å². The predicted molar refractivity (Wildman–Crippen MR) is 101 cm³/mol. The van der Waals surface area contributed by atoms with E-state index in [4.69, 9.17) is 4.52 Å². The van der Waals surface area contributed by atoms with E-state index < -0.39 is 0 Å². The molecule has 1 unspecified atom stereocenters. The average molecular weight is 361 g/mol. The molecule has 6 nitrogen and oxygen atoms in total. The van der Waals surface area contributed by atoms with E-state index in [9.17, 15) is 9.59 Å². The molecule has 0 saturated heterocycles. The Labute approximate surface area is 151 Å². The molecular weight excluding hydrogens is 338 g/mol. The van der Waals surface area contributed by atoms with Crippen LogP contribution in [-0.4, -0.2) is 28.0 Å². The Morgan fingerprint density at radius 3 is 2.60 bits per heavy atom. The van der Waals surface area contributed by atoms with E-state index in [1.807, 2.05) is 24.3 Å². The fraction of sp³-hybridized carbons (Fsp3) is 0.389. The number of thioether (sulfide) groups is 1. The van der Waals surface area contributed by atoms with Gasteiger partial charge < -0.3 is 15.2 Å². The minimum absolute atomic E-state index is 0.136. The average Bonchev–Trinajstić information content (AvgIpc) is 2.97. The number of nitrogens with one attached hydrogen (secondary N) is 2. The third kappa shape index (κ3) is 5.94. The van der Waals surface area contributed by atoms with Gasteiger partial charge in [-0.15, -0.1) is 11.8 Å². The smallest absolute Gasteiger partial charge is 0.238 e. The Kier molecular flexibility index (Phi) is 6.64. The lowest BCUT2D eigenvalue weighted by Gasteiger charge is -2.12. The Morgan fingerprint density at radius 1 is 1.20 bits per heavy atom. The van der Waals surface area contributed by atoms with Crippen molar-refractivity contribution in [3.05, 3.63) is 41.7 Å². The summed E-state index contributed by atoms with van der Waals surface area (Å²) in [5.41, 5.74) is 1.94. The van der Waals surface area contributed by atoms with Crippen LogP contribution >= 0.6 is 11.8 Å². The van der Waals surface area contributed by atoms with Crippen molar-refractivity contribution in [2.45, 2.75) is 38.9 Å². The van der Waals surface area contributed by atoms with Crippen molar-refractivity contribution in [1.29, 1.82) is 0 Å². The SMILES string of the molecule is Cc1cc(NC(=O)C(C)SCC(=O)Nc2cccc(C(C)C)c2)no1. The van der Waals surface area contributed by atoms with Crippen molar-refractivity contribution in [3.8, 4) is 0 Å². The molecule has 25 heavy (non-hydrogen) atoms. The van der Waals surface area contributed by atoms with Gasteiger partial charge in [-0.2, -0.15) is 0 Å². The third-order valence-corrected chi connectivity index (χ3v) is 4.69. The molecule has 0 aliphatic rings. The maximum Gasteiger partial charge on any atom is 0.238 e. The zero-order valence-corrected chi connectivity index (χ0v) is 15.6. The molecule has 7 heteroatoms. The summed E-state index contributed by atoms with van der Waals surface area (Å²) >= 11 is 1.27. The van der Waals surface area contributed by atoms with E-state index in [0.717, 1.165) is 5.69 Å². The summed E-state index contributed by atoms with van der Waals surface area (Å²) in [6, 6.07) is 9.43. The highest BCUT2D eigenvalue weighted by atomic mass is 32.2. The van der Waals surface area contributed by atoms with Crippen LogP contribution in [0.3, 0.4) is 0 Å². The van der Waals surface area contributed by atoms with E-state index >= 15 is 0 Å². The van der Waals surface area contributed by atoms with Gasteiger partial charge in [0.2, 0.25) is 11.8 Å². The standard InChI is InChI=1S/C18H23N3O3S/c1-11(2)14-6-5-7-15(9-14)19-17(22)10-25-13(4)18(23)20-16-8-12(3)24-21-16/h5-9,11,13H,10H2,1-4H3,(H,19,22)(H,20,21,23). The van der Waals surface area contributed by atoms with E-state index in [0.29, 0.717) is 17.5 Å². The number of carbonyl (C=O) groups excluding carboxylic acids is 2. The van der Waals surface area contributed by atoms with Crippen LogP contribution in [0.15, 0.2) is 34.9 Å². The van der Waals surface area contributed by atoms with Gasteiger partial charge in [-0.25, -0.2) is 0 Å². The molecule has 0 bridgehead atoms. The number of hydrogen-bond acceptors (Lipinski definition) is 5. The summed E-state index contributed by atoms with van der Waals surface area (Å²) in [6.45, 7) is 7.71. The first-order valence-corrected chi connectivity index (χ1v) is 9.15. The third-order valence-electron chi connectivity index (χ3n) is 3.55. The normalized spacial score (nSPS) is 12.0. The lowest BCUT2D eigenvalue weighted by Crippen LogP contribution is -2.25. The minimum atomic E-state index is -0.384. The molecule has 1 aromatic carbocycles. The topological polar surface area (TPSA) is 84.2 Å². The van der Waals surface area contributed by atoms with Gasteiger partial charge in [-0.3, -0.25) is 9.59 Å². The molecule has 2 amide bonds. The zero-order valence-electron chi connectivity index (χ0n) is 14.8. The van der Waals surface area contributed by atoms with Gasteiger partial charge in [0, 0.05) is 11.8 Å². The molecule has 1 heterocycles. The first kappa shape index (κ1) is 19.1. The lowest BCUT2D eigenvalue weighted by atomic mass is 10.0. The van der Waals surface area contributed by atoms with E-state index in [-0.39, 0.29) is 22.8 Å². The van der Waals surface area contributed by atoms with Crippen molar-refractivity contribution in [2.75, 3.05) is 16.4 Å². The maximum absolute atomic E-state index is 12.1. The lowest BCUT2D eigenvalue weighted by molar-refractivity contribution is -0.115. The number of hydrogen-bond donors (Lipinski definition) is 2. The molecule has 0 radical (unpaired) electrons. The number of nitrogens with zero attached hydrogens (tertiary/aromatic N) is 1. The van der Waals surface area contributed by atoms with Gasteiger partial charge in [0.15, 0.2) is 5.82 Å². The van der Waals surface area contributed by atoms with Crippen LogP contribution in [0.25, 0.3) is 0 Å². The first-order chi connectivity index (χ1) is 11.8. The molecule has 2 rings (SSSR count). The van der Waals surface area contributed by atoms with Crippen LogP contribution in [0.4, 0.5) is 11.5 Å². The van der Waals surface area contributed by atoms with Crippen molar-refractivity contribution in [2.24, 2.45) is 0 Å². The first-order valence-electron chi connectivity index (χ1n) is 8.10. The molecule has 0 fully saturated rings. The van der Waals surface area contributed by atoms with Crippen LogP contribution in [0.5, 0.6) is 0 Å². The monoisotopic (exact) mass is 361 g/mol. The van der Waals surface area contributed by atoms with Crippen LogP contribution in [0.2, 0.25) is 0 Å². The quantitative estimate of drug-likeness (QED) is 0.783. The number of carbonyl (C=O) groups is 2. The maximum atomic E-state index is 12.1. The summed E-state index contributed by atoms with van der Waals surface area (Å²) in [5.74, 6) is 1.24. The second-order valence-corrected chi connectivity index (χ2v) is 7.42. The zero-order chi connectivity index (χ0) is 18.4. The fourth-order valence-electron chi connectivity index (χ4n) is 2.10. The van der Waals surface area contributed by atoms with Crippen LogP contribution in [-0.2, 0) is 9.59 Å². The second kappa shape index (κ2) is 8.71. The molecule has 0 spiro atoms. The van der Waals surface area contributed by atoms with Crippen molar-refractivity contribution >= 4 is 35.1 Å². The van der Waals surface area contributed by atoms with Crippen LogP contribution in [0.1, 0.15) is 38.0 Å². The molecule has 2 aromatic rings. The largest absolute Gasteiger partial charge is 0.360 e. The summed E-state index contributed by atoms with van der Waals surface area (Å²) in [4.78, 5) is 24.2. The molecule has 1 aromatic heterocycles. The number of aryl methyl sites for hydroxylation is 1. The van der Waals surface area contributed by atoms with Gasteiger partial charge >= 0.3 is 0 Å². The number of aromatic nitrogens is 1. The molecule has 0 aliphatic carbocycles. The number of amides is 2. The van der Waals surface area contributed by atoms with E-state index in [2.05, 4.69) is 29.6 Å². The number of benzene rings is 1. The molecule has 2 N–H and O–H groups in total. The highest BCUT2D eigenvalue weighted by Gasteiger charge is 2.17. The van der Waals surface area contributed by atoms with Crippen molar-refractivity contribution < 1.29 is 14.1 Å². The molecule has 1 atom stereocenters. The Hall–Kier alpha value is -2.28. The summed E-state index contributed by atoms with van der Waals surface area (Å²) < 4.78 is 4.90. The van der Waals surface area contributed by atoms with Crippen molar-refractivity contribution in [1.82, 2.24) is 5.16 Å². The summed E-state index contributed by atoms with van der Waals surface area (Å²) in [5, 5.41) is 8.86. The molecule has 0 saturated carbocycles. The van der Waals surface area contributed by atoms with Crippen LogP contribution in [0, 0.1) is 6.92 Å². The van der Waals surface area contributed by atoms with Gasteiger partial charge in [-0.1, -0.05) is 31.1 Å². The predicted octanol–water partition coefficient (Wildman–Crippen LogP) is 3.81. The Morgan fingerprint density at radius 2 is 1.96 bits per heavy atom. The molecular formula is C18H23N3O3S. The second-order valence-electron chi connectivity index (χ2n) is 6.09. The van der Waals surface area contributed by atoms with E-state index in [1.54, 1.807) is 19.9 Å². The molecule has 0 aliphatic heterocycles. The van der Waals surface area contributed by atoms with Gasteiger partial charge in [0.1, 0.15) is 5.76 Å². The molecule has 134 valence electrons. The van der Waals surface area contributed by atoms with Gasteiger partial charge in [-0.05, 0) is 37.5 Å². The van der Waals surface area contributed by atoms with Gasteiger partial charge in [0.05, 0.1) is 11.0 Å². The highest BCUT2D eigenvalue weighted by molar-refractivity contribution is 8.01. The Bertz CT molecular complexity index is 743. The summed E-state index contributed by atoms with van der Waals surface area (Å²) in [7, 11) is 0. The number of anilines is 2. The van der Waals surface area contributed by atoms with E-state index in [1.165, 1.54) is 17.3 Å². The fourth-order valence-corrected chi connectivity index (χ4v) is 2.79. The van der Waals surface area contributed by atoms with Gasteiger partial charge in [0.25, 0.3) is 0 Å². The Balaban J connectivity index is 1.80. The van der Waals surface area contributed by atoms with Crippen LogP contribution < -0.4 is 10.6 Å².